The number of furan rings is 1. The Morgan fingerprint density at radius 1 is 1.40 bits per heavy atom. The zero-order valence-electron chi connectivity index (χ0n) is 11.4. The van der Waals surface area contributed by atoms with Gasteiger partial charge in [0.1, 0.15) is 22.9 Å². The van der Waals surface area contributed by atoms with Gasteiger partial charge in [-0.1, -0.05) is 6.07 Å². The van der Waals surface area contributed by atoms with Gasteiger partial charge in [0.15, 0.2) is 0 Å². The van der Waals surface area contributed by atoms with Crippen molar-refractivity contribution in [1.29, 1.82) is 0 Å². The highest BCUT2D eigenvalue weighted by Gasteiger charge is 2.27. The molecule has 20 heavy (non-hydrogen) atoms. The highest BCUT2D eigenvalue weighted by Crippen LogP contribution is 2.21. The molecule has 0 saturated carbocycles. The fraction of sp³-hybridized carbons (Fsp3) is 0.286. The molecular weight excluding hydrogens is 258 g/mol. The Balaban J connectivity index is 1.89. The Bertz CT molecular complexity index is 578. The first kappa shape index (κ1) is 14.1. The summed E-state index contributed by atoms with van der Waals surface area (Å²) in [5.41, 5.74) is -1.27. The number of pyridine rings is 1. The number of hydrogen-bond donors (Lipinski definition) is 3. The number of amides is 2. The largest absolute Gasteiger partial charge is 0.463 e. The number of carbonyl (C=O) groups excluding carboxylic acids is 1. The SMILES string of the molecule is Cc1ccc(C(C)(O)CNC(=O)Nc2ccccn2)o1. The molecule has 106 valence electrons. The van der Waals surface area contributed by atoms with Gasteiger partial charge in [-0.05, 0) is 38.1 Å². The Morgan fingerprint density at radius 2 is 2.20 bits per heavy atom. The van der Waals surface area contributed by atoms with Crippen LogP contribution in [-0.4, -0.2) is 22.7 Å². The van der Waals surface area contributed by atoms with E-state index in [-0.39, 0.29) is 6.54 Å². The van der Waals surface area contributed by atoms with E-state index in [1.807, 2.05) is 0 Å². The number of rotatable bonds is 4. The molecule has 2 aromatic heterocycles. The van der Waals surface area contributed by atoms with Gasteiger partial charge in [-0.15, -0.1) is 0 Å². The van der Waals surface area contributed by atoms with Crippen LogP contribution in [0.2, 0.25) is 0 Å². The molecule has 1 unspecified atom stereocenters. The fourth-order valence-corrected chi connectivity index (χ4v) is 1.66. The second-order valence-electron chi connectivity index (χ2n) is 4.71. The zero-order chi connectivity index (χ0) is 14.6. The van der Waals surface area contributed by atoms with Crippen molar-refractivity contribution in [2.45, 2.75) is 19.4 Å². The molecule has 0 saturated heterocycles. The van der Waals surface area contributed by atoms with E-state index in [9.17, 15) is 9.90 Å². The van der Waals surface area contributed by atoms with Gasteiger partial charge in [0.05, 0.1) is 6.54 Å². The van der Waals surface area contributed by atoms with Crippen molar-refractivity contribution in [2.75, 3.05) is 11.9 Å². The highest BCUT2D eigenvalue weighted by atomic mass is 16.4. The predicted octanol–water partition coefficient (Wildman–Crippen LogP) is 2.01. The quantitative estimate of drug-likeness (QED) is 0.796. The van der Waals surface area contributed by atoms with Crippen LogP contribution in [0.3, 0.4) is 0 Å². The monoisotopic (exact) mass is 275 g/mol. The first-order chi connectivity index (χ1) is 9.47. The Labute approximate surface area is 116 Å². The molecule has 6 heteroatoms. The van der Waals surface area contributed by atoms with Crippen molar-refractivity contribution in [2.24, 2.45) is 0 Å². The molecule has 2 heterocycles. The van der Waals surface area contributed by atoms with Gasteiger partial charge in [0.2, 0.25) is 0 Å². The first-order valence-electron chi connectivity index (χ1n) is 6.22. The Hall–Kier alpha value is -2.34. The number of aromatic nitrogens is 1. The standard InChI is InChI=1S/C14H17N3O3/c1-10-6-7-11(20-10)14(2,19)9-16-13(18)17-12-5-3-4-8-15-12/h3-8,19H,9H2,1-2H3,(H2,15,16,17,18). The molecule has 3 N–H and O–H groups in total. The molecule has 2 amide bonds. The Morgan fingerprint density at radius 3 is 2.80 bits per heavy atom. The van der Waals surface area contributed by atoms with Crippen molar-refractivity contribution in [3.63, 3.8) is 0 Å². The van der Waals surface area contributed by atoms with Gasteiger partial charge in [0.25, 0.3) is 0 Å². The van der Waals surface area contributed by atoms with Crippen molar-refractivity contribution in [1.82, 2.24) is 10.3 Å². The molecule has 0 aliphatic carbocycles. The summed E-state index contributed by atoms with van der Waals surface area (Å²) in [4.78, 5) is 15.7. The topological polar surface area (TPSA) is 87.4 Å². The smallest absolute Gasteiger partial charge is 0.320 e. The maximum absolute atomic E-state index is 11.7. The van der Waals surface area contributed by atoms with Crippen LogP contribution in [-0.2, 0) is 5.60 Å². The third-order valence-corrected chi connectivity index (χ3v) is 2.77. The summed E-state index contributed by atoms with van der Waals surface area (Å²) in [5, 5.41) is 15.4. The Kier molecular flexibility index (Phi) is 4.05. The number of anilines is 1. The second kappa shape index (κ2) is 5.75. The third kappa shape index (κ3) is 3.58. The minimum absolute atomic E-state index is 0.0264. The minimum Gasteiger partial charge on any atom is -0.463 e. The van der Waals surface area contributed by atoms with Crippen molar-refractivity contribution >= 4 is 11.8 Å². The number of aliphatic hydroxyl groups is 1. The lowest BCUT2D eigenvalue weighted by molar-refractivity contribution is 0.0364. The summed E-state index contributed by atoms with van der Waals surface area (Å²) >= 11 is 0. The van der Waals surface area contributed by atoms with Crippen molar-refractivity contribution in [3.8, 4) is 0 Å². The number of nitrogens with one attached hydrogen (secondary N) is 2. The molecule has 0 bridgehead atoms. The minimum atomic E-state index is -1.27. The molecule has 0 aromatic carbocycles. The first-order valence-corrected chi connectivity index (χ1v) is 6.22. The summed E-state index contributed by atoms with van der Waals surface area (Å²) in [6.07, 6.45) is 1.58. The lowest BCUT2D eigenvalue weighted by atomic mass is 10.0. The van der Waals surface area contributed by atoms with E-state index < -0.39 is 11.6 Å². The summed E-state index contributed by atoms with van der Waals surface area (Å²) in [5.74, 6) is 1.56. The average molecular weight is 275 g/mol. The number of aryl methyl sites for hydroxylation is 1. The van der Waals surface area contributed by atoms with Gasteiger partial charge in [-0.3, -0.25) is 5.32 Å². The van der Waals surface area contributed by atoms with Crippen LogP contribution in [0.5, 0.6) is 0 Å². The van der Waals surface area contributed by atoms with Crippen molar-refractivity contribution in [3.05, 3.63) is 48.0 Å². The van der Waals surface area contributed by atoms with Crippen LogP contribution in [0.15, 0.2) is 40.9 Å². The van der Waals surface area contributed by atoms with E-state index >= 15 is 0 Å². The van der Waals surface area contributed by atoms with Crippen LogP contribution in [0.4, 0.5) is 10.6 Å². The summed E-state index contributed by atoms with van der Waals surface area (Å²) in [6, 6.07) is 8.21. The molecule has 2 rings (SSSR count). The lowest BCUT2D eigenvalue weighted by Gasteiger charge is -2.21. The number of urea groups is 1. The molecule has 0 aliphatic rings. The van der Waals surface area contributed by atoms with Crippen molar-refractivity contribution < 1.29 is 14.3 Å². The zero-order valence-corrected chi connectivity index (χ0v) is 11.4. The molecule has 0 spiro atoms. The second-order valence-corrected chi connectivity index (χ2v) is 4.71. The van der Waals surface area contributed by atoms with E-state index in [0.29, 0.717) is 17.3 Å². The van der Waals surface area contributed by atoms with E-state index in [1.54, 1.807) is 50.4 Å². The molecule has 6 nitrogen and oxygen atoms in total. The summed E-state index contributed by atoms with van der Waals surface area (Å²) in [7, 11) is 0. The third-order valence-electron chi connectivity index (χ3n) is 2.77. The van der Waals surface area contributed by atoms with E-state index in [1.165, 1.54) is 0 Å². The van der Waals surface area contributed by atoms with Gasteiger partial charge >= 0.3 is 6.03 Å². The highest BCUT2D eigenvalue weighted by molar-refractivity contribution is 5.88. The van der Waals surface area contributed by atoms with E-state index in [0.717, 1.165) is 0 Å². The average Bonchev–Trinajstić information content (AvgIpc) is 2.85. The van der Waals surface area contributed by atoms with Crippen LogP contribution in [0, 0.1) is 6.92 Å². The maximum Gasteiger partial charge on any atom is 0.320 e. The number of carbonyl (C=O) groups is 1. The molecule has 0 fully saturated rings. The van der Waals surface area contributed by atoms with Crippen LogP contribution < -0.4 is 10.6 Å². The van der Waals surface area contributed by atoms with Gasteiger partial charge in [-0.25, -0.2) is 9.78 Å². The maximum atomic E-state index is 11.7. The molecular formula is C14H17N3O3. The predicted molar refractivity (Wildman–Crippen MR) is 74.3 cm³/mol. The number of nitrogens with zero attached hydrogens (tertiary/aromatic N) is 1. The van der Waals surface area contributed by atoms with Gasteiger partial charge in [0, 0.05) is 6.20 Å². The number of hydrogen-bond acceptors (Lipinski definition) is 4. The molecule has 0 aliphatic heterocycles. The lowest BCUT2D eigenvalue weighted by Crippen LogP contribution is -2.40. The fourth-order valence-electron chi connectivity index (χ4n) is 1.66. The van der Waals surface area contributed by atoms with E-state index in [4.69, 9.17) is 4.42 Å². The summed E-state index contributed by atoms with van der Waals surface area (Å²) < 4.78 is 5.36. The summed E-state index contributed by atoms with van der Waals surface area (Å²) in [6.45, 7) is 3.39. The van der Waals surface area contributed by atoms with Gasteiger partial charge < -0.3 is 14.8 Å². The molecule has 2 aromatic rings. The van der Waals surface area contributed by atoms with Crippen LogP contribution in [0.25, 0.3) is 0 Å². The van der Waals surface area contributed by atoms with E-state index in [2.05, 4.69) is 15.6 Å². The molecule has 0 radical (unpaired) electrons. The van der Waals surface area contributed by atoms with Crippen LogP contribution in [0.1, 0.15) is 18.4 Å². The normalized spacial score (nSPS) is 13.6. The van der Waals surface area contributed by atoms with Gasteiger partial charge in [-0.2, -0.15) is 0 Å². The van der Waals surface area contributed by atoms with Crippen LogP contribution >= 0.6 is 0 Å². The molecule has 1 atom stereocenters.